The second-order valence-corrected chi connectivity index (χ2v) is 13.0. The van der Waals surface area contributed by atoms with Gasteiger partial charge in [0.2, 0.25) is 11.8 Å². The lowest BCUT2D eigenvalue weighted by Crippen LogP contribution is -2.57. The van der Waals surface area contributed by atoms with Crippen molar-refractivity contribution in [3.63, 3.8) is 0 Å². The van der Waals surface area contributed by atoms with Crippen LogP contribution in [0, 0.1) is 16.7 Å². The first-order valence-corrected chi connectivity index (χ1v) is 14.8. The second kappa shape index (κ2) is 11.0. The van der Waals surface area contributed by atoms with Gasteiger partial charge in [0.15, 0.2) is 10.3 Å². The van der Waals surface area contributed by atoms with E-state index in [-0.39, 0.29) is 48.5 Å². The highest BCUT2D eigenvalue weighted by Crippen LogP contribution is 2.62. The molecule has 3 aromatic rings. The zero-order valence-electron chi connectivity index (χ0n) is 22.3. The normalized spacial score (nSPS) is 27.8. The lowest BCUT2D eigenvalue weighted by Gasteiger charge is -2.58. The van der Waals surface area contributed by atoms with Crippen molar-refractivity contribution in [3.8, 4) is 5.75 Å². The van der Waals surface area contributed by atoms with Crippen molar-refractivity contribution in [2.75, 3.05) is 24.4 Å². The van der Waals surface area contributed by atoms with Gasteiger partial charge in [0, 0.05) is 34.2 Å². The molecule has 2 amide bonds. The van der Waals surface area contributed by atoms with E-state index in [4.69, 9.17) is 9.72 Å². The van der Waals surface area contributed by atoms with E-state index in [9.17, 15) is 19.8 Å². The highest BCUT2D eigenvalue weighted by atomic mass is 32.1. The Bertz CT molecular complexity index is 1330. The number of aliphatic hydroxyl groups is 2. The Labute approximate surface area is 235 Å². The molecule has 11 heteroatoms. The summed E-state index contributed by atoms with van der Waals surface area (Å²) >= 11 is 2.78. The summed E-state index contributed by atoms with van der Waals surface area (Å²) in [5.41, 5.74) is 0.598. The minimum atomic E-state index is -0.712. The smallest absolute Gasteiger partial charge is 0.230 e. The van der Waals surface area contributed by atoms with Crippen LogP contribution in [0.2, 0.25) is 0 Å². The van der Waals surface area contributed by atoms with Crippen LogP contribution in [0.4, 0.5) is 10.3 Å². The number of ether oxygens (including phenoxy) is 1. The number of amides is 2. The number of thiazole rings is 2. The van der Waals surface area contributed by atoms with E-state index < -0.39 is 11.5 Å². The van der Waals surface area contributed by atoms with E-state index in [0.717, 1.165) is 21.9 Å². The maximum Gasteiger partial charge on any atom is 0.230 e. The Morgan fingerprint density at radius 2 is 1.90 bits per heavy atom. The molecule has 208 valence electrons. The first-order chi connectivity index (χ1) is 18.7. The number of hydrogen-bond acceptors (Lipinski definition) is 9. The van der Waals surface area contributed by atoms with Gasteiger partial charge < -0.3 is 25.6 Å². The van der Waals surface area contributed by atoms with E-state index in [1.165, 1.54) is 22.7 Å². The van der Waals surface area contributed by atoms with Crippen LogP contribution < -0.4 is 15.4 Å². The molecule has 1 saturated carbocycles. The lowest BCUT2D eigenvalue weighted by atomic mass is 9.47. The molecule has 2 heterocycles. The summed E-state index contributed by atoms with van der Waals surface area (Å²) in [6.45, 7) is 3.95. The summed E-state index contributed by atoms with van der Waals surface area (Å²) in [6.07, 6.45) is 3.27. The van der Waals surface area contributed by atoms with E-state index in [1.54, 1.807) is 13.3 Å². The van der Waals surface area contributed by atoms with Crippen molar-refractivity contribution in [1.82, 2.24) is 9.97 Å². The Morgan fingerprint density at radius 3 is 2.56 bits per heavy atom. The molecule has 0 spiro atoms. The quantitative estimate of drug-likeness (QED) is 0.318. The third-order valence-corrected chi connectivity index (χ3v) is 10.4. The number of benzene rings is 1. The average molecular weight is 571 g/mol. The highest BCUT2D eigenvalue weighted by molar-refractivity contribution is 7.16. The molecule has 5 unspecified atom stereocenters. The molecular weight excluding hydrogens is 536 g/mol. The molecule has 2 aromatic heterocycles. The highest BCUT2D eigenvalue weighted by Gasteiger charge is 2.59. The number of fused-ring (bicyclic) bond motifs is 2. The van der Waals surface area contributed by atoms with Crippen LogP contribution in [-0.2, 0) is 22.4 Å². The van der Waals surface area contributed by atoms with Gasteiger partial charge in [0.1, 0.15) is 5.75 Å². The Morgan fingerprint density at radius 1 is 1.15 bits per heavy atom. The van der Waals surface area contributed by atoms with E-state index in [0.29, 0.717) is 29.5 Å². The summed E-state index contributed by atoms with van der Waals surface area (Å²) in [5.74, 6) is 0.0909. The minimum absolute atomic E-state index is 0.0628. The van der Waals surface area contributed by atoms with E-state index >= 15 is 0 Å². The molecule has 2 aliphatic rings. The molecule has 5 atom stereocenters. The number of rotatable bonds is 8. The first-order valence-electron chi connectivity index (χ1n) is 13.1. The van der Waals surface area contributed by atoms with Crippen molar-refractivity contribution in [1.29, 1.82) is 0 Å². The summed E-state index contributed by atoms with van der Waals surface area (Å²) < 4.78 is 5.19. The number of nitrogens with one attached hydrogen (secondary N) is 2. The van der Waals surface area contributed by atoms with Crippen LogP contribution >= 0.6 is 22.7 Å². The van der Waals surface area contributed by atoms with Gasteiger partial charge in [0.05, 0.1) is 31.9 Å². The number of carbonyl (C=O) groups excluding carboxylic acids is 2. The fraction of sp³-hybridized carbons (Fsp3) is 0.500. The van der Waals surface area contributed by atoms with Gasteiger partial charge in [-0.25, -0.2) is 9.97 Å². The van der Waals surface area contributed by atoms with E-state index in [1.807, 2.05) is 36.6 Å². The van der Waals surface area contributed by atoms with Gasteiger partial charge >= 0.3 is 0 Å². The van der Waals surface area contributed by atoms with Crippen LogP contribution in [0.1, 0.15) is 55.2 Å². The van der Waals surface area contributed by atoms with Crippen LogP contribution in [0.25, 0.3) is 0 Å². The fourth-order valence-electron chi connectivity index (χ4n) is 6.43. The number of nitrogens with zero attached hydrogens (tertiary/aromatic N) is 2. The molecule has 1 aromatic carbocycles. The number of hydrogen-bond donors (Lipinski definition) is 4. The van der Waals surface area contributed by atoms with Crippen LogP contribution in [-0.4, -0.2) is 51.8 Å². The molecule has 0 aliphatic heterocycles. The topological polar surface area (TPSA) is 134 Å². The van der Waals surface area contributed by atoms with Gasteiger partial charge in [-0.15, -0.1) is 22.7 Å². The molecule has 2 aliphatic carbocycles. The molecule has 0 saturated heterocycles. The maximum atomic E-state index is 13.2. The number of aromatic nitrogens is 2. The minimum Gasteiger partial charge on any atom is -0.497 e. The van der Waals surface area contributed by atoms with Gasteiger partial charge in [-0.2, -0.15) is 0 Å². The first kappa shape index (κ1) is 27.7. The van der Waals surface area contributed by atoms with Gasteiger partial charge in [-0.1, -0.05) is 26.0 Å². The third kappa shape index (κ3) is 5.32. The Kier molecular flexibility index (Phi) is 7.78. The largest absolute Gasteiger partial charge is 0.497 e. The molecule has 0 bridgehead atoms. The van der Waals surface area contributed by atoms with Crippen molar-refractivity contribution < 1.29 is 24.5 Å². The summed E-state index contributed by atoms with van der Waals surface area (Å²) in [4.78, 5) is 36.1. The molecule has 5 rings (SSSR count). The number of carbonyl (C=O) groups is 2. The summed E-state index contributed by atoms with van der Waals surface area (Å²) in [6, 6.07) is 7.35. The summed E-state index contributed by atoms with van der Waals surface area (Å²) in [7, 11) is 1.60. The zero-order chi connectivity index (χ0) is 27.8. The predicted octanol–water partition coefficient (Wildman–Crippen LogP) is 4.23. The maximum absolute atomic E-state index is 13.2. The average Bonchev–Trinajstić information content (AvgIpc) is 3.57. The van der Waals surface area contributed by atoms with Gasteiger partial charge in [0.25, 0.3) is 0 Å². The SMILES string of the molecule is COc1ccc(CC(=O)Nc2nc3c(s2)CC2C(C)(CO)C(O)CCC2(C)C3CC(=O)Nc2nccs2)cc1. The van der Waals surface area contributed by atoms with Gasteiger partial charge in [-0.05, 0) is 48.3 Å². The van der Waals surface area contributed by atoms with Crippen molar-refractivity contribution in [2.45, 2.75) is 58.0 Å². The van der Waals surface area contributed by atoms with Crippen LogP contribution in [0.5, 0.6) is 5.75 Å². The molecule has 4 N–H and O–H groups in total. The van der Waals surface area contributed by atoms with Crippen molar-refractivity contribution in [2.24, 2.45) is 16.7 Å². The number of aliphatic hydroxyl groups excluding tert-OH is 2. The van der Waals surface area contributed by atoms with Crippen LogP contribution in [0.15, 0.2) is 35.8 Å². The fourth-order valence-corrected chi connectivity index (χ4v) is 8.06. The second-order valence-electron chi connectivity index (χ2n) is 11.0. The number of anilines is 2. The molecule has 1 fully saturated rings. The molecular formula is C28H34N4O5S2. The van der Waals surface area contributed by atoms with Gasteiger partial charge in [-0.3, -0.25) is 9.59 Å². The standard InChI is InChI=1S/C28H34N4O5S2/c1-27-9-8-21(34)28(2,15-33)20(27)14-19-24(18(27)13-23(36)30-25-29-10-11-38-25)32-26(39-19)31-22(35)12-16-4-6-17(37-3)7-5-16/h4-7,10-11,18,20-21,33-34H,8-9,12-15H2,1-3H3,(H,29,30,36)(H,31,32,35). The Hall–Kier alpha value is -2.86. The van der Waals surface area contributed by atoms with Crippen molar-refractivity contribution >= 4 is 44.8 Å². The lowest BCUT2D eigenvalue weighted by molar-refractivity contribution is -0.143. The molecule has 9 nitrogen and oxygen atoms in total. The number of methoxy groups -OCH3 is 1. The predicted molar refractivity (Wildman–Crippen MR) is 151 cm³/mol. The third-order valence-electron chi connectivity index (χ3n) is 8.73. The van der Waals surface area contributed by atoms with E-state index in [2.05, 4.69) is 22.5 Å². The molecule has 0 radical (unpaired) electrons. The van der Waals surface area contributed by atoms with Crippen molar-refractivity contribution in [3.05, 3.63) is 52.0 Å². The zero-order valence-corrected chi connectivity index (χ0v) is 23.9. The van der Waals surface area contributed by atoms with Crippen LogP contribution in [0.3, 0.4) is 0 Å². The Balaban J connectivity index is 1.42. The molecule has 39 heavy (non-hydrogen) atoms. The monoisotopic (exact) mass is 570 g/mol. The summed E-state index contributed by atoms with van der Waals surface area (Å²) in [5, 5.41) is 30.1.